The second-order valence-electron chi connectivity index (χ2n) is 3.72. The van der Waals surface area contributed by atoms with E-state index in [1.165, 1.54) is 0 Å². The summed E-state index contributed by atoms with van der Waals surface area (Å²) in [5.41, 5.74) is 2.07. The number of hydrogen-bond donors (Lipinski definition) is 0. The minimum absolute atomic E-state index is 0.133. The Hall–Kier alpha value is -1.67. The van der Waals surface area contributed by atoms with Crippen molar-refractivity contribution in [1.82, 2.24) is 4.98 Å². The summed E-state index contributed by atoms with van der Waals surface area (Å²) in [5, 5.41) is 0.388. The van der Waals surface area contributed by atoms with E-state index in [1.54, 1.807) is 24.4 Å². The van der Waals surface area contributed by atoms with Crippen molar-refractivity contribution in [2.45, 2.75) is 13.3 Å². The molecule has 0 N–H and O–H groups in total. The Bertz CT molecular complexity index is 551. The molecule has 0 saturated carbocycles. The molecule has 0 saturated heterocycles. The van der Waals surface area contributed by atoms with E-state index in [-0.39, 0.29) is 5.78 Å². The summed E-state index contributed by atoms with van der Waals surface area (Å²) >= 11 is 5.96. The molecule has 17 heavy (non-hydrogen) atoms. The molecule has 3 heteroatoms. The van der Waals surface area contributed by atoms with Crippen LogP contribution in [0.1, 0.15) is 28.5 Å². The first-order valence-electron chi connectivity index (χ1n) is 5.46. The SMILES string of the molecule is CCc1cccc(C(=O)c2ncccc2Cl)c1. The molecule has 0 radical (unpaired) electrons. The number of carbonyl (C=O) groups is 1. The lowest BCUT2D eigenvalue weighted by atomic mass is 10.0. The fourth-order valence-electron chi connectivity index (χ4n) is 1.62. The maximum atomic E-state index is 12.2. The molecule has 0 fully saturated rings. The van der Waals surface area contributed by atoms with Gasteiger partial charge in [0.1, 0.15) is 5.69 Å². The van der Waals surface area contributed by atoms with Crippen molar-refractivity contribution in [3.63, 3.8) is 0 Å². The van der Waals surface area contributed by atoms with E-state index in [9.17, 15) is 4.79 Å². The molecular formula is C14H12ClNO. The molecular weight excluding hydrogens is 234 g/mol. The molecule has 0 atom stereocenters. The molecule has 2 rings (SSSR count). The van der Waals surface area contributed by atoms with Gasteiger partial charge in [-0.05, 0) is 30.2 Å². The predicted octanol–water partition coefficient (Wildman–Crippen LogP) is 3.53. The minimum Gasteiger partial charge on any atom is -0.287 e. The Morgan fingerprint density at radius 3 is 2.82 bits per heavy atom. The average molecular weight is 246 g/mol. The molecule has 1 aromatic carbocycles. The van der Waals surface area contributed by atoms with Crippen LogP contribution in [0.15, 0.2) is 42.6 Å². The van der Waals surface area contributed by atoms with Gasteiger partial charge in [-0.2, -0.15) is 0 Å². The number of hydrogen-bond acceptors (Lipinski definition) is 2. The Morgan fingerprint density at radius 1 is 1.29 bits per heavy atom. The maximum absolute atomic E-state index is 12.2. The number of aryl methyl sites for hydroxylation is 1. The van der Waals surface area contributed by atoms with Crippen molar-refractivity contribution < 1.29 is 4.79 Å². The molecule has 0 amide bonds. The van der Waals surface area contributed by atoms with Crippen molar-refractivity contribution >= 4 is 17.4 Å². The molecule has 0 bridgehead atoms. The van der Waals surface area contributed by atoms with Crippen LogP contribution < -0.4 is 0 Å². The van der Waals surface area contributed by atoms with Crippen LogP contribution in [-0.4, -0.2) is 10.8 Å². The van der Waals surface area contributed by atoms with Gasteiger partial charge < -0.3 is 0 Å². The number of benzene rings is 1. The van der Waals surface area contributed by atoms with Gasteiger partial charge in [0.15, 0.2) is 0 Å². The minimum atomic E-state index is -0.133. The van der Waals surface area contributed by atoms with E-state index >= 15 is 0 Å². The normalized spacial score (nSPS) is 10.2. The summed E-state index contributed by atoms with van der Waals surface area (Å²) in [6.07, 6.45) is 2.47. The van der Waals surface area contributed by atoms with Gasteiger partial charge in [-0.15, -0.1) is 0 Å². The highest BCUT2D eigenvalue weighted by molar-refractivity contribution is 6.34. The van der Waals surface area contributed by atoms with E-state index in [0.717, 1.165) is 12.0 Å². The van der Waals surface area contributed by atoms with E-state index in [4.69, 9.17) is 11.6 Å². The van der Waals surface area contributed by atoms with Crippen LogP contribution in [0.3, 0.4) is 0 Å². The smallest absolute Gasteiger partial charge is 0.212 e. The van der Waals surface area contributed by atoms with Gasteiger partial charge in [0.25, 0.3) is 0 Å². The lowest BCUT2D eigenvalue weighted by Crippen LogP contribution is -2.05. The predicted molar refractivity (Wildman–Crippen MR) is 68.5 cm³/mol. The third-order valence-corrected chi connectivity index (χ3v) is 2.88. The maximum Gasteiger partial charge on any atom is 0.212 e. The van der Waals surface area contributed by atoms with Gasteiger partial charge in [0.05, 0.1) is 5.02 Å². The van der Waals surface area contributed by atoms with Crippen LogP contribution in [0.5, 0.6) is 0 Å². The lowest BCUT2D eigenvalue weighted by Gasteiger charge is -2.04. The lowest BCUT2D eigenvalue weighted by molar-refractivity contribution is 0.103. The molecule has 0 unspecified atom stereocenters. The van der Waals surface area contributed by atoms with E-state index < -0.39 is 0 Å². The highest BCUT2D eigenvalue weighted by Gasteiger charge is 2.13. The monoisotopic (exact) mass is 245 g/mol. The average Bonchev–Trinajstić information content (AvgIpc) is 2.38. The highest BCUT2D eigenvalue weighted by atomic mass is 35.5. The van der Waals surface area contributed by atoms with Gasteiger partial charge >= 0.3 is 0 Å². The number of aromatic nitrogens is 1. The molecule has 0 aliphatic rings. The summed E-state index contributed by atoms with van der Waals surface area (Å²) in [4.78, 5) is 16.2. The van der Waals surface area contributed by atoms with Gasteiger partial charge in [-0.25, -0.2) is 0 Å². The number of carbonyl (C=O) groups excluding carboxylic acids is 1. The molecule has 1 heterocycles. The molecule has 0 aliphatic heterocycles. The van der Waals surface area contributed by atoms with Crippen LogP contribution in [-0.2, 0) is 6.42 Å². The van der Waals surface area contributed by atoms with Crippen molar-refractivity contribution in [1.29, 1.82) is 0 Å². The third kappa shape index (κ3) is 2.53. The summed E-state index contributed by atoms with van der Waals surface area (Å²) in [7, 11) is 0. The van der Waals surface area contributed by atoms with Crippen molar-refractivity contribution in [3.05, 3.63) is 64.4 Å². The summed E-state index contributed by atoms with van der Waals surface area (Å²) in [6, 6.07) is 10.9. The Labute approximate surface area is 105 Å². The fourth-order valence-corrected chi connectivity index (χ4v) is 1.83. The third-order valence-electron chi connectivity index (χ3n) is 2.57. The Morgan fingerprint density at radius 2 is 2.12 bits per heavy atom. The second kappa shape index (κ2) is 5.11. The number of halogens is 1. The van der Waals surface area contributed by atoms with E-state index in [2.05, 4.69) is 11.9 Å². The number of pyridine rings is 1. The van der Waals surface area contributed by atoms with Crippen LogP contribution in [0.25, 0.3) is 0 Å². The summed E-state index contributed by atoms with van der Waals surface area (Å²) in [6.45, 7) is 2.05. The zero-order valence-corrected chi connectivity index (χ0v) is 10.2. The van der Waals surface area contributed by atoms with Crippen LogP contribution >= 0.6 is 11.6 Å². The van der Waals surface area contributed by atoms with E-state index in [1.807, 2.05) is 18.2 Å². The topological polar surface area (TPSA) is 30.0 Å². The van der Waals surface area contributed by atoms with Crippen molar-refractivity contribution in [2.75, 3.05) is 0 Å². The highest BCUT2D eigenvalue weighted by Crippen LogP contribution is 2.17. The van der Waals surface area contributed by atoms with Gasteiger partial charge in [0.2, 0.25) is 5.78 Å². The second-order valence-corrected chi connectivity index (χ2v) is 4.12. The van der Waals surface area contributed by atoms with Gasteiger partial charge in [-0.1, -0.05) is 36.7 Å². The van der Waals surface area contributed by atoms with Crippen molar-refractivity contribution in [3.8, 4) is 0 Å². The van der Waals surface area contributed by atoms with Gasteiger partial charge in [0, 0.05) is 11.8 Å². The number of ketones is 1. The fraction of sp³-hybridized carbons (Fsp3) is 0.143. The number of nitrogens with zero attached hydrogens (tertiary/aromatic N) is 1. The summed E-state index contributed by atoms with van der Waals surface area (Å²) < 4.78 is 0. The van der Waals surface area contributed by atoms with Crippen LogP contribution in [0.2, 0.25) is 5.02 Å². The quantitative estimate of drug-likeness (QED) is 0.775. The zero-order chi connectivity index (χ0) is 12.3. The van der Waals surface area contributed by atoms with E-state index in [0.29, 0.717) is 16.3 Å². The first-order valence-corrected chi connectivity index (χ1v) is 5.84. The Balaban J connectivity index is 2.40. The number of rotatable bonds is 3. The Kier molecular flexibility index (Phi) is 3.55. The van der Waals surface area contributed by atoms with Crippen LogP contribution in [0.4, 0.5) is 0 Å². The first-order chi connectivity index (χ1) is 8.22. The van der Waals surface area contributed by atoms with Gasteiger partial charge in [-0.3, -0.25) is 9.78 Å². The zero-order valence-electron chi connectivity index (χ0n) is 9.48. The standard InChI is InChI=1S/C14H12ClNO/c1-2-10-5-3-6-11(9-10)14(17)13-12(15)7-4-8-16-13/h3-9H,2H2,1H3. The molecule has 86 valence electrons. The molecule has 1 aromatic heterocycles. The first kappa shape index (κ1) is 11.8. The molecule has 2 aromatic rings. The summed E-state index contributed by atoms with van der Waals surface area (Å²) in [5.74, 6) is -0.133. The van der Waals surface area contributed by atoms with Crippen LogP contribution in [0, 0.1) is 0 Å². The molecule has 0 aliphatic carbocycles. The largest absolute Gasteiger partial charge is 0.287 e. The molecule has 0 spiro atoms. The van der Waals surface area contributed by atoms with Crippen molar-refractivity contribution in [2.24, 2.45) is 0 Å². The molecule has 2 nitrogen and oxygen atoms in total.